The molecule has 0 radical (unpaired) electrons. The molecule has 0 bridgehead atoms. The van der Waals surface area contributed by atoms with Crippen LogP contribution in [0.5, 0.6) is 0 Å². The van der Waals surface area contributed by atoms with Crippen molar-refractivity contribution in [1.29, 1.82) is 0 Å². The van der Waals surface area contributed by atoms with E-state index in [2.05, 4.69) is 5.32 Å². The van der Waals surface area contributed by atoms with Crippen LogP contribution in [0, 0.1) is 11.8 Å². The van der Waals surface area contributed by atoms with Gasteiger partial charge in [0.2, 0.25) is 5.91 Å². The molecular weight excluding hydrogens is 280 g/mol. The fourth-order valence-corrected chi connectivity index (χ4v) is 3.81. The number of hydrogen-bond acceptors (Lipinski definition) is 3. The number of benzene rings is 1. The molecule has 2 heterocycles. The van der Waals surface area contributed by atoms with Crippen LogP contribution in [-0.2, 0) is 16.1 Å². The predicted octanol–water partition coefficient (Wildman–Crippen LogP) is 1.92. The normalized spacial score (nSPS) is 30.1. The Bertz CT molecular complexity index is 585. The van der Waals surface area contributed by atoms with Gasteiger partial charge < -0.3 is 15.0 Å². The SMILES string of the molecule is O=C1N[C@H]2CCN(C(=O)OCc3ccccc3)[C@H]2[C@H]1C1CC1. The summed E-state index contributed by atoms with van der Waals surface area (Å²) < 4.78 is 5.45. The van der Waals surface area contributed by atoms with Gasteiger partial charge in [0.25, 0.3) is 0 Å². The van der Waals surface area contributed by atoms with Crippen LogP contribution in [0.4, 0.5) is 4.79 Å². The van der Waals surface area contributed by atoms with Crippen LogP contribution in [-0.4, -0.2) is 35.5 Å². The van der Waals surface area contributed by atoms with Crippen molar-refractivity contribution >= 4 is 12.0 Å². The number of hydrogen-bond donors (Lipinski definition) is 1. The zero-order valence-corrected chi connectivity index (χ0v) is 12.4. The molecule has 1 aromatic carbocycles. The summed E-state index contributed by atoms with van der Waals surface area (Å²) in [5.41, 5.74) is 0.978. The maximum atomic E-state index is 12.4. The van der Waals surface area contributed by atoms with Gasteiger partial charge >= 0.3 is 6.09 Å². The quantitative estimate of drug-likeness (QED) is 0.928. The van der Waals surface area contributed by atoms with Gasteiger partial charge in [0, 0.05) is 6.54 Å². The molecule has 1 N–H and O–H groups in total. The summed E-state index contributed by atoms with van der Waals surface area (Å²) in [7, 11) is 0. The largest absolute Gasteiger partial charge is 0.445 e. The zero-order valence-electron chi connectivity index (χ0n) is 12.4. The molecule has 116 valence electrons. The molecule has 3 fully saturated rings. The molecule has 5 heteroatoms. The van der Waals surface area contributed by atoms with Crippen LogP contribution < -0.4 is 5.32 Å². The Labute approximate surface area is 129 Å². The number of rotatable bonds is 3. The lowest BCUT2D eigenvalue weighted by atomic mass is 9.94. The second kappa shape index (κ2) is 5.30. The van der Waals surface area contributed by atoms with Crippen molar-refractivity contribution in [2.75, 3.05) is 6.54 Å². The Balaban J connectivity index is 1.43. The van der Waals surface area contributed by atoms with Gasteiger partial charge in [-0.2, -0.15) is 0 Å². The topological polar surface area (TPSA) is 58.6 Å². The van der Waals surface area contributed by atoms with Crippen molar-refractivity contribution in [3.05, 3.63) is 35.9 Å². The molecule has 3 aliphatic rings. The molecule has 2 saturated heterocycles. The fraction of sp³-hybridized carbons (Fsp3) is 0.529. The summed E-state index contributed by atoms with van der Waals surface area (Å²) in [5, 5.41) is 3.06. The highest BCUT2D eigenvalue weighted by Crippen LogP contribution is 2.45. The van der Waals surface area contributed by atoms with Gasteiger partial charge in [0.15, 0.2) is 0 Å². The Morgan fingerprint density at radius 2 is 2.00 bits per heavy atom. The highest BCUT2D eigenvalue weighted by Gasteiger charge is 2.55. The van der Waals surface area contributed by atoms with Crippen molar-refractivity contribution in [3.63, 3.8) is 0 Å². The van der Waals surface area contributed by atoms with E-state index in [1.54, 1.807) is 4.90 Å². The fourth-order valence-electron chi connectivity index (χ4n) is 3.81. The maximum absolute atomic E-state index is 12.4. The van der Waals surface area contributed by atoms with Crippen molar-refractivity contribution in [1.82, 2.24) is 10.2 Å². The molecule has 2 aliphatic heterocycles. The number of amides is 2. The lowest BCUT2D eigenvalue weighted by Crippen LogP contribution is -2.43. The first-order valence-corrected chi connectivity index (χ1v) is 8.02. The lowest BCUT2D eigenvalue weighted by molar-refractivity contribution is -0.123. The Kier molecular flexibility index (Phi) is 3.28. The minimum Gasteiger partial charge on any atom is -0.445 e. The molecule has 22 heavy (non-hydrogen) atoms. The number of likely N-dealkylation sites (tertiary alicyclic amines) is 1. The Morgan fingerprint density at radius 1 is 1.23 bits per heavy atom. The molecule has 1 saturated carbocycles. The van der Waals surface area contributed by atoms with Crippen molar-refractivity contribution in [2.45, 2.75) is 38.0 Å². The second-order valence-electron chi connectivity index (χ2n) is 6.49. The smallest absolute Gasteiger partial charge is 0.410 e. The second-order valence-corrected chi connectivity index (χ2v) is 6.49. The number of fused-ring (bicyclic) bond motifs is 1. The number of nitrogens with zero attached hydrogens (tertiary/aromatic N) is 1. The van der Waals surface area contributed by atoms with E-state index in [9.17, 15) is 9.59 Å². The van der Waals surface area contributed by atoms with E-state index in [0.29, 0.717) is 12.5 Å². The van der Waals surface area contributed by atoms with Crippen molar-refractivity contribution in [2.24, 2.45) is 11.8 Å². The maximum Gasteiger partial charge on any atom is 0.410 e. The van der Waals surface area contributed by atoms with Crippen LogP contribution in [0.15, 0.2) is 30.3 Å². The predicted molar refractivity (Wildman–Crippen MR) is 79.9 cm³/mol. The third kappa shape index (κ3) is 2.34. The van der Waals surface area contributed by atoms with Gasteiger partial charge in [-0.05, 0) is 30.7 Å². The average Bonchev–Trinajstić information content (AvgIpc) is 3.20. The molecular formula is C17H20N2O3. The summed E-state index contributed by atoms with van der Waals surface area (Å²) in [5.74, 6) is 0.548. The Morgan fingerprint density at radius 3 is 2.73 bits per heavy atom. The van der Waals surface area contributed by atoms with Crippen LogP contribution in [0.1, 0.15) is 24.8 Å². The van der Waals surface area contributed by atoms with Crippen LogP contribution in [0.2, 0.25) is 0 Å². The molecule has 0 unspecified atom stereocenters. The molecule has 1 aliphatic carbocycles. The van der Waals surface area contributed by atoms with E-state index >= 15 is 0 Å². The first kappa shape index (κ1) is 13.6. The summed E-state index contributed by atoms with van der Waals surface area (Å²) >= 11 is 0. The van der Waals surface area contributed by atoms with E-state index in [0.717, 1.165) is 24.8 Å². The van der Waals surface area contributed by atoms with Crippen LogP contribution in [0.3, 0.4) is 0 Å². The number of carbonyl (C=O) groups is 2. The minimum absolute atomic E-state index is 0.0109. The van der Waals surface area contributed by atoms with Gasteiger partial charge in [-0.25, -0.2) is 4.79 Å². The Hall–Kier alpha value is -2.04. The molecule has 2 amide bonds. The molecule has 0 aromatic heterocycles. The summed E-state index contributed by atoms with van der Waals surface area (Å²) in [4.78, 5) is 26.3. The van der Waals surface area contributed by atoms with E-state index in [4.69, 9.17) is 4.74 Å². The lowest BCUT2D eigenvalue weighted by Gasteiger charge is -2.26. The number of carbonyl (C=O) groups excluding carboxylic acids is 2. The summed E-state index contributed by atoms with van der Waals surface area (Å²) in [6.07, 6.45) is 2.75. The molecule has 3 atom stereocenters. The summed E-state index contributed by atoms with van der Waals surface area (Å²) in [6.45, 7) is 0.954. The number of ether oxygens (including phenoxy) is 1. The third-order valence-electron chi connectivity index (χ3n) is 5.02. The van der Waals surface area contributed by atoms with Crippen molar-refractivity contribution in [3.8, 4) is 0 Å². The highest BCUT2D eigenvalue weighted by atomic mass is 16.6. The first-order chi connectivity index (χ1) is 10.7. The van der Waals surface area contributed by atoms with E-state index in [-0.39, 0.29) is 36.6 Å². The van der Waals surface area contributed by atoms with Gasteiger partial charge in [-0.1, -0.05) is 30.3 Å². The number of nitrogens with one attached hydrogen (secondary N) is 1. The molecule has 4 rings (SSSR count). The standard InChI is InChI=1S/C17H20N2O3/c20-16-14(12-6-7-12)15-13(18-16)8-9-19(15)17(21)22-10-11-4-2-1-3-5-11/h1-5,12-15H,6-10H2,(H,18,20)/t13-,14+,15+/m0/s1. The van der Waals surface area contributed by atoms with Crippen LogP contribution >= 0.6 is 0 Å². The van der Waals surface area contributed by atoms with E-state index in [1.807, 2.05) is 30.3 Å². The monoisotopic (exact) mass is 300 g/mol. The van der Waals surface area contributed by atoms with Gasteiger partial charge in [0.05, 0.1) is 18.0 Å². The van der Waals surface area contributed by atoms with E-state index < -0.39 is 0 Å². The molecule has 0 spiro atoms. The van der Waals surface area contributed by atoms with Gasteiger partial charge in [-0.15, -0.1) is 0 Å². The minimum atomic E-state index is -0.293. The summed E-state index contributed by atoms with van der Waals surface area (Å²) in [6, 6.07) is 9.77. The van der Waals surface area contributed by atoms with Crippen LogP contribution in [0.25, 0.3) is 0 Å². The molecule has 1 aromatic rings. The highest BCUT2D eigenvalue weighted by molar-refractivity contribution is 5.85. The van der Waals surface area contributed by atoms with Gasteiger partial charge in [0.1, 0.15) is 6.61 Å². The molecule has 5 nitrogen and oxygen atoms in total. The zero-order chi connectivity index (χ0) is 15.1. The third-order valence-corrected chi connectivity index (χ3v) is 5.02. The average molecular weight is 300 g/mol. The first-order valence-electron chi connectivity index (χ1n) is 8.02. The van der Waals surface area contributed by atoms with Gasteiger partial charge in [-0.3, -0.25) is 4.79 Å². The van der Waals surface area contributed by atoms with E-state index in [1.165, 1.54) is 0 Å². The van der Waals surface area contributed by atoms with Crippen molar-refractivity contribution < 1.29 is 14.3 Å².